The van der Waals surface area contributed by atoms with Crippen LogP contribution in [0.5, 0.6) is 0 Å². The van der Waals surface area contributed by atoms with E-state index in [9.17, 15) is 9.59 Å². The second-order valence-electron chi connectivity index (χ2n) is 5.72. The SMILES string of the molecule is O=C(c1cncnc1)c1cc(C(=O)Nc2ccc(Cl)cn2)c2nccnc2c1. The number of anilines is 1. The van der Waals surface area contributed by atoms with Crippen LogP contribution in [-0.4, -0.2) is 36.6 Å². The van der Waals surface area contributed by atoms with Gasteiger partial charge in [-0.15, -0.1) is 0 Å². The van der Waals surface area contributed by atoms with E-state index in [1.54, 1.807) is 18.2 Å². The molecule has 3 aromatic heterocycles. The standard InChI is InChI=1S/C19H11ClN6O2/c20-13-1-2-16(25-9-13)26-19(28)14-5-11(6-15-17(14)24-4-3-23-15)18(27)12-7-21-10-22-8-12/h1-10H,(H,25,26,28). The summed E-state index contributed by atoms with van der Waals surface area (Å²) in [7, 11) is 0. The third-order valence-electron chi connectivity index (χ3n) is 3.87. The van der Waals surface area contributed by atoms with Crippen molar-refractivity contribution in [3.05, 3.63) is 83.3 Å². The second kappa shape index (κ2) is 7.45. The van der Waals surface area contributed by atoms with Crippen LogP contribution in [0.25, 0.3) is 11.0 Å². The zero-order valence-electron chi connectivity index (χ0n) is 14.2. The molecule has 1 aromatic carbocycles. The molecule has 0 bridgehead atoms. The lowest BCUT2D eigenvalue weighted by molar-refractivity contribution is 0.102. The Morgan fingerprint density at radius 3 is 2.43 bits per heavy atom. The maximum Gasteiger partial charge on any atom is 0.259 e. The van der Waals surface area contributed by atoms with Crippen LogP contribution in [0, 0.1) is 0 Å². The van der Waals surface area contributed by atoms with Crippen molar-refractivity contribution in [3.63, 3.8) is 0 Å². The van der Waals surface area contributed by atoms with Gasteiger partial charge in [0.25, 0.3) is 5.91 Å². The maximum atomic E-state index is 12.8. The Kier molecular flexibility index (Phi) is 4.69. The zero-order valence-corrected chi connectivity index (χ0v) is 15.0. The molecule has 0 radical (unpaired) electrons. The van der Waals surface area contributed by atoms with Crippen molar-refractivity contribution in [1.82, 2.24) is 24.9 Å². The lowest BCUT2D eigenvalue weighted by atomic mass is 10.0. The van der Waals surface area contributed by atoms with Gasteiger partial charge >= 0.3 is 0 Å². The van der Waals surface area contributed by atoms with E-state index in [2.05, 4.69) is 30.2 Å². The van der Waals surface area contributed by atoms with E-state index in [0.717, 1.165) is 0 Å². The molecular weight excluding hydrogens is 380 g/mol. The van der Waals surface area contributed by atoms with Gasteiger partial charge in [0.15, 0.2) is 5.78 Å². The Labute approximate surface area is 163 Å². The van der Waals surface area contributed by atoms with E-state index in [-0.39, 0.29) is 16.9 Å². The average molecular weight is 391 g/mol. The first kappa shape index (κ1) is 17.6. The van der Waals surface area contributed by atoms with Gasteiger partial charge in [0.2, 0.25) is 0 Å². The monoisotopic (exact) mass is 390 g/mol. The molecule has 0 atom stereocenters. The number of benzene rings is 1. The predicted molar refractivity (Wildman–Crippen MR) is 102 cm³/mol. The molecule has 0 saturated carbocycles. The predicted octanol–water partition coefficient (Wildman–Crippen LogP) is 2.95. The number of nitrogens with one attached hydrogen (secondary N) is 1. The number of nitrogens with zero attached hydrogens (tertiary/aromatic N) is 5. The maximum absolute atomic E-state index is 12.8. The molecule has 0 saturated heterocycles. The summed E-state index contributed by atoms with van der Waals surface area (Å²) in [5.74, 6) is -0.481. The molecular formula is C19H11ClN6O2. The normalized spacial score (nSPS) is 10.6. The van der Waals surface area contributed by atoms with Crippen LogP contribution in [0.15, 0.2) is 61.6 Å². The molecule has 1 amide bonds. The number of hydrogen-bond donors (Lipinski definition) is 1. The molecule has 8 nitrogen and oxygen atoms in total. The number of rotatable bonds is 4. The summed E-state index contributed by atoms with van der Waals surface area (Å²) >= 11 is 5.82. The number of aromatic nitrogens is 5. The minimum absolute atomic E-state index is 0.197. The number of pyridine rings is 1. The van der Waals surface area contributed by atoms with Crippen molar-refractivity contribution in [3.8, 4) is 0 Å². The number of carbonyl (C=O) groups excluding carboxylic acids is 2. The van der Waals surface area contributed by atoms with Gasteiger partial charge in [-0.1, -0.05) is 11.6 Å². The van der Waals surface area contributed by atoms with Gasteiger partial charge in [0.05, 0.1) is 21.7 Å². The van der Waals surface area contributed by atoms with E-state index < -0.39 is 5.91 Å². The molecule has 1 N–H and O–H groups in total. The Hall–Kier alpha value is -3.78. The molecule has 3 heterocycles. The second-order valence-corrected chi connectivity index (χ2v) is 6.16. The molecule has 0 unspecified atom stereocenters. The van der Waals surface area contributed by atoms with Gasteiger partial charge in [0.1, 0.15) is 17.7 Å². The summed E-state index contributed by atoms with van der Waals surface area (Å²) in [6.07, 6.45) is 8.54. The number of fused-ring (bicyclic) bond motifs is 1. The Balaban J connectivity index is 1.77. The van der Waals surface area contributed by atoms with Crippen LogP contribution in [0.4, 0.5) is 5.82 Å². The molecule has 0 spiro atoms. The summed E-state index contributed by atoms with van der Waals surface area (Å²) in [5, 5.41) is 3.12. The van der Waals surface area contributed by atoms with Crippen LogP contribution in [0.3, 0.4) is 0 Å². The topological polar surface area (TPSA) is 111 Å². The highest BCUT2D eigenvalue weighted by Gasteiger charge is 2.18. The van der Waals surface area contributed by atoms with E-state index >= 15 is 0 Å². The highest BCUT2D eigenvalue weighted by Crippen LogP contribution is 2.21. The number of halogens is 1. The van der Waals surface area contributed by atoms with Crippen LogP contribution in [-0.2, 0) is 0 Å². The van der Waals surface area contributed by atoms with Gasteiger partial charge in [0, 0.05) is 36.5 Å². The van der Waals surface area contributed by atoms with E-state index in [1.165, 1.54) is 43.4 Å². The summed E-state index contributed by atoms with van der Waals surface area (Å²) in [4.78, 5) is 45.8. The Bertz CT molecular complexity index is 1180. The molecule has 28 heavy (non-hydrogen) atoms. The molecule has 9 heteroatoms. The molecule has 0 aliphatic heterocycles. The van der Waals surface area contributed by atoms with Crippen molar-refractivity contribution in [1.29, 1.82) is 0 Å². The molecule has 4 aromatic rings. The number of ketones is 1. The first-order valence-electron chi connectivity index (χ1n) is 8.09. The molecule has 0 aliphatic rings. The van der Waals surface area contributed by atoms with Crippen LogP contribution >= 0.6 is 11.6 Å². The van der Waals surface area contributed by atoms with Crippen LogP contribution in [0.2, 0.25) is 5.02 Å². The van der Waals surface area contributed by atoms with Crippen molar-refractivity contribution < 1.29 is 9.59 Å². The minimum atomic E-state index is -0.473. The van der Waals surface area contributed by atoms with Crippen molar-refractivity contribution in [2.24, 2.45) is 0 Å². The molecule has 0 fully saturated rings. The van der Waals surface area contributed by atoms with Crippen molar-refractivity contribution in [2.45, 2.75) is 0 Å². The lowest BCUT2D eigenvalue weighted by Crippen LogP contribution is -2.15. The first-order chi connectivity index (χ1) is 13.6. The highest BCUT2D eigenvalue weighted by molar-refractivity contribution is 6.30. The van der Waals surface area contributed by atoms with Crippen LogP contribution in [0.1, 0.15) is 26.3 Å². The number of hydrogen-bond acceptors (Lipinski definition) is 7. The summed E-state index contributed by atoms with van der Waals surface area (Å²) in [6.45, 7) is 0. The molecule has 4 rings (SSSR count). The third kappa shape index (κ3) is 3.53. The van der Waals surface area contributed by atoms with Crippen molar-refractivity contribution in [2.75, 3.05) is 5.32 Å². The van der Waals surface area contributed by atoms with Gasteiger partial charge in [-0.25, -0.2) is 15.0 Å². The molecule has 136 valence electrons. The quantitative estimate of drug-likeness (QED) is 0.533. The fourth-order valence-electron chi connectivity index (χ4n) is 2.60. The zero-order chi connectivity index (χ0) is 19.5. The van der Waals surface area contributed by atoms with Crippen LogP contribution < -0.4 is 5.32 Å². The van der Waals surface area contributed by atoms with E-state index in [4.69, 9.17) is 11.6 Å². The Morgan fingerprint density at radius 1 is 0.893 bits per heavy atom. The fourth-order valence-corrected chi connectivity index (χ4v) is 2.71. The smallest absolute Gasteiger partial charge is 0.259 e. The summed E-state index contributed by atoms with van der Waals surface area (Å²) < 4.78 is 0. The Morgan fingerprint density at radius 2 is 1.68 bits per heavy atom. The van der Waals surface area contributed by atoms with Gasteiger partial charge in [-0.3, -0.25) is 19.6 Å². The number of carbonyl (C=O) groups is 2. The fraction of sp³-hybridized carbons (Fsp3) is 0. The van der Waals surface area contributed by atoms with Gasteiger partial charge in [-0.05, 0) is 24.3 Å². The number of amides is 1. The minimum Gasteiger partial charge on any atom is -0.306 e. The first-order valence-corrected chi connectivity index (χ1v) is 8.47. The largest absolute Gasteiger partial charge is 0.306 e. The highest BCUT2D eigenvalue weighted by atomic mass is 35.5. The van der Waals surface area contributed by atoms with E-state index in [0.29, 0.717) is 27.4 Å². The van der Waals surface area contributed by atoms with E-state index in [1.807, 2.05) is 0 Å². The van der Waals surface area contributed by atoms with Gasteiger partial charge < -0.3 is 5.32 Å². The van der Waals surface area contributed by atoms with Crippen molar-refractivity contribution >= 4 is 40.1 Å². The average Bonchev–Trinajstić information content (AvgIpc) is 2.74. The lowest BCUT2D eigenvalue weighted by Gasteiger charge is -2.09. The summed E-state index contributed by atoms with van der Waals surface area (Å²) in [6, 6.07) is 6.23. The van der Waals surface area contributed by atoms with Gasteiger partial charge in [-0.2, -0.15) is 0 Å². The molecule has 0 aliphatic carbocycles. The summed E-state index contributed by atoms with van der Waals surface area (Å²) in [5.41, 5.74) is 1.56. The third-order valence-corrected chi connectivity index (χ3v) is 4.10.